The van der Waals surface area contributed by atoms with Crippen molar-refractivity contribution in [3.63, 3.8) is 0 Å². The largest absolute Gasteiger partial charge is 0.0690 e. The molecule has 0 heteroatoms. The third-order valence-corrected chi connectivity index (χ3v) is 8.56. The van der Waals surface area contributed by atoms with Crippen molar-refractivity contribution in [2.45, 2.75) is 33.6 Å². The molecule has 0 aromatic heterocycles. The summed E-state index contributed by atoms with van der Waals surface area (Å²) in [4.78, 5) is 0. The number of benzene rings is 5. The fraction of sp³-hybridized carbons (Fsp3) is 0.128. The molecule has 188 valence electrons. The van der Waals surface area contributed by atoms with Crippen LogP contribution in [-0.2, 0) is 0 Å². The maximum Gasteiger partial charge on any atom is 0.0290 e. The average Bonchev–Trinajstić information content (AvgIpc) is 3.46. The van der Waals surface area contributed by atoms with E-state index in [1.54, 1.807) is 0 Å². The number of aryl methyl sites for hydroxylation is 2. The van der Waals surface area contributed by atoms with Crippen LogP contribution in [0.5, 0.6) is 0 Å². The van der Waals surface area contributed by atoms with Crippen molar-refractivity contribution in [3.8, 4) is 11.1 Å². The van der Waals surface area contributed by atoms with E-state index in [-0.39, 0.29) is 5.92 Å². The predicted molar refractivity (Wildman–Crippen MR) is 165 cm³/mol. The van der Waals surface area contributed by atoms with Gasteiger partial charge in [0.05, 0.1) is 0 Å². The number of hydrogen-bond donors (Lipinski definition) is 0. The van der Waals surface area contributed by atoms with E-state index in [1.165, 1.54) is 82.8 Å². The lowest BCUT2D eigenvalue weighted by atomic mass is 9.83. The van der Waals surface area contributed by atoms with Crippen LogP contribution < -0.4 is 10.4 Å². The molecule has 5 aromatic rings. The molecule has 0 N–H and O–H groups in total. The normalized spacial score (nSPS) is 14.8. The standard InChI is InChI=1S/C39H32/c1-24-15-17-31-30(19-24)22-37-35(31)23-34(39(28-11-7-5-8-12-28)29-13-9-6-10-14-29)27(4)38(37)36-21-26(3)33-20-25(2)16-18-32(33)36/h5-23,36H,1-4H3. The van der Waals surface area contributed by atoms with Crippen molar-refractivity contribution in [2.24, 2.45) is 0 Å². The highest BCUT2D eigenvalue weighted by molar-refractivity contribution is 5.88. The Balaban J connectivity index is 1.64. The highest BCUT2D eigenvalue weighted by Crippen LogP contribution is 2.41. The Morgan fingerprint density at radius 3 is 1.92 bits per heavy atom. The summed E-state index contributed by atoms with van der Waals surface area (Å²) in [7, 11) is 0. The quantitative estimate of drug-likeness (QED) is 0.230. The molecule has 0 spiro atoms. The lowest BCUT2D eigenvalue weighted by molar-refractivity contribution is 1.01. The SMILES string of the molecule is CC1=CC(c2c(C)c(=C(c3ccccc3)c3ccccc3)cc3c2=Cc2cc(C)ccc2-3)c2ccc(C)cc21. The zero-order valence-corrected chi connectivity index (χ0v) is 23.0. The van der Waals surface area contributed by atoms with Crippen LogP contribution in [0.1, 0.15) is 62.9 Å². The summed E-state index contributed by atoms with van der Waals surface area (Å²) in [6, 6.07) is 38.1. The summed E-state index contributed by atoms with van der Waals surface area (Å²) in [6.07, 6.45) is 4.92. The smallest absolute Gasteiger partial charge is 0.0290 e. The average molecular weight is 501 g/mol. The number of hydrogen-bond acceptors (Lipinski definition) is 0. The zero-order valence-electron chi connectivity index (χ0n) is 23.0. The molecule has 0 heterocycles. The number of fused-ring (bicyclic) bond motifs is 4. The molecule has 1 atom stereocenters. The van der Waals surface area contributed by atoms with Crippen LogP contribution in [0.4, 0.5) is 0 Å². The van der Waals surface area contributed by atoms with Crippen LogP contribution in [0.2, 0.25) is 0 Å². The van der Waals surface area contributed by atoms with E-state index in [0.717, 1.165) is 0 Å². The highest BCUT2D eigenvalue weighted by Gasteiger charge is 2.28. The molecule has 1 unspecified atom stereocenters. The molecule has 5 aromatic carbocycles. The lowest BCUT2D eigenvalue weighted by Gasteiger charge is -2.20. The molecule has 0 nitrogen and oxygen atoms in total. The first-order chi connectivity index (χ1) is 19.0. The van der Waals surface area contributed by atoms with Gasteiger partial charge in [0.2, 0.25) is 0 Å². The molecule has 0 radical (unpaired) electrons. The van der Waals surface area contributed by atoms with E-state index in [9.17, 15) is 0 Å². The van der Waals surface area contributed by atoms with Gasteiger partial charge in [0, 0.05) is 5.92 Å². The van der Waals surface area contributed by atoms with Gasteiger partial charge in [0.15, 0.2) is 0 Å². The van der Waals surface area contributed by atoms with Crippen LogP contribution in [0, 0.1) is 20.8 Å². The van der Waals surface area contributed by atoms with Crippen LogP contribution in [0.3, 0.4) is 0 Å². The second kappa shape index (κ2) is 9.10. The first-order valence-electron chi connectivity index (χ1n) is 13.9. The van der Waals surface area contributed by atoms with Gasteiger partial charge in [0.25, 0.3) is 0 Å². The summed E-state index contributed by atoms with van der Waals surface area (Å²) in [5.41, 5.74) is 17.4. The lowest BCUT2D eigenvalue weighted by Crippen LogP contribution is -2.25. The third kappa shape index (κ3) is 3.82. The highest BCUT2D eigenvalue weighted by atomic mass is 14.3. The predicted octanol–water partition coefficient (Wildman–Crippen LogP) is 8.22. The number of rotatable bonds is 3. The van der Waals surface area contributed by atoms with Gasteiger partial charge in [-0.1, -0.05) is 114 Å². The summed E-state index contributed by atoms with van der Waals surface area (Å²) in [6.45, 7) is 8.99. The Hall–Kier alpha value is -4.42. The molecular weight excluding hydrogens is 468 g/mol. The molecule has 39 heavy (non-hydrogen) atoms. The molecule has 0 bridgehead atoms. The van der Waals surface area contributed by atoms with Crippen molar-refractivity contribution < 1.29 is 0 Å². The second-order valence-electron chi connectivity index (χ2n) is 11.2. The van der Waals surface area contributed by atoms with E-state index in [4.69, 9.17) is 0 Å². The van der Waals surface area contributed by atoms with Crippen LogP contribution in [-0.4, -0.2) is 0 Å². The maximum atomic E-state index is 2.49. The molecule has 0 amide bonds. The molecular formula is C39H32. The van der Waals surface area contributed by atoms with Gasteiger partial charge in [0.1, 0.15) is 0 Å². The van der Waals surface area contributed by atoms with Crippen LogP contribution >= 0.6 is 0 Å². The number of allylic oxidation sites excluding steroid dienone is 2. The molecule has 0 aliphatic heterocycles. The van der Waals surface area contributed by atoms with Crippen molar-refractivity contribution in [1.29, 1.82) is 0 Å². The van der Waals surface area contributed by atoms with Gasteiger partial charge in [-0.3, -0.25) is 0 Å². The van der Waals surface area contributed by atoms with Crippen LogP contribution in [0.15, 0.2) is 109 Å². The van der Waals surface area contributed by atoms with Gasteiger partial charge < -0.3 is 0 Å². The zero-order chi connectivity index (χ0) is 26.7. The van der Waals surface area contributed by atoms with E-state index in [0.29, 0.717) is 0 Å². The molecule has 7 rings (SSSR count). The van der Waals surface area contributed by atoms with E-state index in [1.807, 2.05) is 0 Å². The third-order valence-electron chi connectivity index (χ3n) is 8.56. The first kappa shape index (κ1) is 23.7. The Morgan fingerprint density at radius 2 is 1.23 bits per heavy atom. The fourth-order valence-corrected chi connectivity index (χ4v) is 6.70. The van der Waals surface area contributed by atoms with Gasteiger partial charge in [-0.05, 0) is 111 Å². The minimum absolute atomic E-state index is 0.230. The Kier molecular flexibility index (Phi) is 5.53. The van der Waals surface area contributed by atoms with Crippen molar-refractivity contribution >= 4 is 17.2 Å². The van der Waals surface area contributed by atoms with E-state index >= 15 is 0 Å². The van der Waals surface area contributed by atoms with Crippen molar-refractivity contribution in [2.75, 3.05) is 0 Å². The van der Waals surface area contributed by atoms with Gasteiger partial charge in [-0.15, -0.1) is 0 Å². The Morgan fingerprint density at radius 1 is 0.590 bits per heavy atom. The van der Waals surface area contributed by atoms with Crippen LogP contribution in [0.25, 0.3) is 28.3 Å². The van der Waals surface area contributed by atoms with E-state index < -0.39 is 0 Å². The molecule has 0 saturated carbocycles. The topological polar surface area (TPSA) is 0 Å². The molecule has 2 aliphatic rings. The van der Waals surface area contributed by atoms with Crippen molar-refractivity contribution in [3.05, 3.63) is 170 Å². The summed E-state index contributed by atoms with van der Waals surface area (Å²) >= 11 is 0. The van der Waals surface area contributed by atoms with E-state index in [2.05, 4.69) is 143 Å². The minimum Gasteiger partial charge on any atom is -0.0690 e. The molecule has 0 fully saturated rings. The maximum absolute atomic E-state index is 2.49. The Bertz CT molecular complexity index is 1880. The molecule has 0 saturated heterocycles. The molecule has 2 aliphatic carbocycles. The summed E-state index contributed by atoms with van der Waals surface area (Å²) in [5.74, 6) is 0.230. The van der Waals surface area contributed by atoms with Gasteiger partial charge in [-0.25, -0.2) is 0 Å². The second-order valence-corrected chi connectivity index (χ2v) is 11.2. The van der Waals surface area contributed by atoms with Gasteiger partial charge >= 0.3 is 0 Å². The first-order valence-corrected chi connectivity index (χ1v) is 13.9. The Labute approximate surface area is 231 Å². The minimum atomic E-state index is 0.230. The van der Waals surface area contributed by atoms with Gasteiger partial charge in [-0.2, -0.15) is 0 Å². The fourth-order valence-electron chi connectivity index (χ4n) is 6.70. The summed E-state index contributed by atoms with van der Waals surface area (Å²) < 4.78 is 0. The van der Waals surface area contributed by atoms with Crippen molar-refractivity contribution in [1.82, 2.24) is 0 Å². The summed E-state index contributed by atoms with van der Waals surface area (Å²) in [5, 5.41) is 2.69. The monoisotopic (exact) mass is 500 g/mol.